The molecular weight excluding hydrogens is 302 g/mol. The van der Waals surface area contributed by atoms with E-state index in [1.165, 1.54) is 5.56 Å². The molecule has 0 aliphatic rings. The summed E-state index contributed by atoms with van der Waals surface area (Å²) < 4.78 is 0. The quantitative estimate of drug-likeness (QED) is 0.785. The molecule has 0 bridgehead atoms. The molecule has 3 rings (SSSR count). The number of halogens is 1. The van der Waals surface area contributed by atoms with Crippen LogP contribution >= 0.6 is 22.9 Å². The van der Waals surface area contributed by atoms with E-state index in [1.807, 2.05) is 49.5 Å². The van der Waals surface area contributed by atoms with Crippen LogP contribution in [-0.4, -0.2) is 17.2 Å². The average molecular weight is 316 g/mol. The number of nitrogens with one attached hydrogen (secondary N) is 1. The Balaban J connectivity index is 1.94. The van der Waals surface area contributed by atoms with Gasteiger partial charge in [-0.1, -0.05) is 65.4 Å². The minimum atomic E-state index is 0.0524. The molecule has 1 aromatic heterocycles. The highest BCUT2D eigenvalue weighted by atomic mass is 35.5. The van der Waals surface area contributed by atoms with Crippen molar-refractivity contribution >= 4 is 22.9 Å². The summed E-state index contributed by atoms with van der Waals surface area (Å²) in [5.41, 5.74) is 2.17. The number of nitrogens with zero attached hydrogens (tertiary/aromatic N) is 2. The molecule has 0 aliphatic carbocycles. The number of hydrogen-bond donors (Lipinski definition) is 1. The lowest BCUT2D eigenvalue weighted by molar-refractivity contribution is 0.678. The van der Waals surface area contributed by atoms with Gasteiger partial charge in [0.1, 0.15) is 10.0 Å². The van der Waals surface area contributed by atoms with Crippen LogP contribution in [0.15, 0.2) is 54.6 Å². The van der Waals surface area contributed by atoms with Gasteiger partial charge in [-0.15, -0.1) is 10.2 Å². The second-order valence-corrected chi connectivity index (χ2v) is 6.03. The molecule has 1 heterocycles. The minimum Gasteiger partial charge on any atom is -0.307 e. The topological polar surface area (TPSA) is 37.8 Å². The van der Waals surface area contributed by atoms with E-state index in [2.05, 4.69) is 27.6 Å². The van der Waals surface area contributed by atoms with Crippen molar-refractivity contribution in [2.24, 2.45) is 0 Å². The molecule has 0 amide bonds. The average Bonchev–Trinajstić information content (AvgIpc) is 2.99. The zero-order valence-corrected chi connectivity index (χ0v) is 13.0. The molecule has 0 saturated heterocycles. The fourth-order valence-electron chi connectivity index (χ4n) is 2.17. The van der Waals surface area contributed by atoms with Gasteiger partial charge in [-0.3, -0.25) is 0 Å². The summed E-state index contributed by atoms with van der Waals surface area (Å²) in [6.07, 6.45) is 0. The first-order chi connectivity index (χ1) is 10.3. The van der Waals surface area contributed by atoms with Gasteiger partial charge in [-0.25, -0.2) is 0 Å². The third kappa shape index (κ3) is 3.13. The fraction of sp³-hybridized carbons (Fsp3) is 0.125. The van der Waals surface area contributed by atoms with Gasteiger partial charge in [0.25, 0.3) is 0 Å². The standard InChI is InChI=1S/C16H14ClN3S/c1-18-14(11-6-3-2-4-7-11)16-20-19-15(21-16)12-8-5-9-13(17)10-12/h2-10,14,18H,1H3. The van der Waals surface area contributed by atoms with E-state index in [-0.39, 0.29) is 6.04 Å². The van der Waals surface area contributed by atoms with E-state index in [1.54, 1.807) is 11.3 Å². The summed E-state index contributed by atoms with van der Waals surface area (Å²) in [7, 11) is 1.93. The van der Waals surface area contributed by atoms with Crippen molar-refractivity contribution in [2.45, 2.75) is 6.04 Å². The monoisotopic (exact) mass is 315 g/mol. The molecule has 2 aromatic carbocycles. The zero-order valence-electron chi connectivity index (χ0n) is 11.5. The number of aromatic nitrogens is 2. The van der Waals surface area contributed by atoms with Gasteiger partial charge in [-0.05, 0) is 24.7 Å². The van der Waals surface area contributed by atoms with Crippen LogP contribution in [0.5, 0.6) is 0 Å². The fourth-order valence-corrected chi connectivity index (χ4v) is 3.34. The third-order valence-electron chi connectivity index (χ3n) is 3.18. The maximum Gasteiger partial charge on any atom is 0.147 e. The maximum absolute atomic E-state index is 6.03. The van der Waals surface area contributed by atoms with Crippen molar-refractivity contribution in [2.75, 3.05) is 7.05 Å². The minimum absolute atomic E-state index is 0.0524. The SMILES string of the molecule is CNC(c1ccccc1)c1nnc(-c2cccc(Cl)c2)s1. The van der Waals surface area contributed by atoms with Crippen molar-refractivity contribution in [3.8, 4) is 10.6 Å². The lowest BCUT2D eigenvalue weighted by Gasteiger charge is -2.12. The van der Waals surface area contributed by atoms with Gasteiger partial charge in [0, 0.05) is 10.6 Å². The molecule has 0 radical (unpaired) electrons. The second kappa shape index (κ2) is 6.35. The molecule has 106 valence electrons. The summed E-state index contributed by atoms with van der Waals surface area (Å²) >= 11 is 7.61. The normalized spacial score (nSPS) is 12.3. The highest BCUT2D eigenvalue weighted by molar-refractivity contribution is 7.14. The smallest absolute Gasteiger partial charge is 0.147 e. The van der Waals surface area contributed by atoms with Crippen LogP contribution < -0.4 is 5.32 Å². The van der Waals surface area contributed by atoms with Crippen LogP contribution in [0.25, 0.3) is 10.6 Å². The predicted octanol–water partition coefficient (Wildman–Crippen LogP) is 4.17. The molecule has 0 fully saturated rings. The molecule has 0 aliphatic heterocycles. The Bertz CT molecular complexity index is 727. The highest BCUT2D eigenvalue weighted by Crippen LogP contribution is 2.30. The van der Waals surface area contributed by atoms with E-state index >= 15 is 0 Å². The molecule has 21 heavy (non-hydrogen) atoms. The van der Waals surface area contributed by atoms with Crippen LogP contribution in [0.4, 0.5) is 0 Å². The van der Waals surface area contributed by atoms with Crippen LogP contribution in [0, 0.1) is 0 Å². The van der Waals surface area contributed by atoms with Gasteiger partial charge < -0.3 is 5.32 Å². The van der Waals surface area contributed by atoms with Crippen LogP contribution in [0.1, 0.15) is 16.6 Å². The Hall–Kier alpha value is -1.75. The largest absolute Gasteiger partial charge is 0.307 e. The van der Waals surface area contributed by atoms with Crippen LogP contribution in [0.2, 0.25) is 5.02 Å². The van der Waals surface area contributed by atoms with Crippen LogP contribution in [-0.2, 0) is 0 Å². The Morgan fingerprint density at radius 3 is 2.57 bits per heavy atom. The maximum atomic E-state index is 6.03. The Labute approximate surface area is 132 Å². The number of rotatable bonds is 4. The first kappa shape index (κ1) is 14.2. The summed E-state index contributed by atoms with van der Waals surface area (Å²) in [6, 6.07) is 18.0. The molecular formula is C16H14ClN3S. The summed E-state index contributed by atoms with van der Waals surface area (Å²) in [5, 5.41) is 14.4. The number of benzene rings is 2. The Morgan fingerprint density at radius 2 is 1.86 bits per heavy atom. The summed E-state index contributed by atoms with van der Waals surface area (Å²) in [4.78, 5) is 0. The molecule has 3 aromatic rings. The van der Waals surface area contributed by atoms with Crippen LogP contribution in [0.3, 0.4) is 0 Å². The van der Waals surface area contributed by atoms with Gasteiger partial charge in [0.15, 0.2) is 0 Å². The van der Waals surface area contributed by atoms with E-state index in [9.17, 15) is 0 Å². The van der Waals surface area contributed by atoms with E-state index in [0.717, 1.165) is 15.6 Å². The molecule has 3 nitrogen and oxygen atoms in total. The van der Waals surface area contributed by atoms with E-state index in [4.69, 9.17) is 11.6 Å². The zero-order chi connectivity index (χ0) is 14.7. The lowest BCUT2D eigenvalue weighted by Crippen LogP contribution is -2.17. The van der Waals surface area contributed by atoms with Crippen molar-refractivity contribution in [3.63, 3.8) is 0 Å². The predicted molar refractivity (Wildman–Crippen MR) is 87.7 cm³/mol. The van der Waals surface area contributed by atoms with Crippen molar-refractivity contribution in [3.05, 3.63) is 70.2 Å². The van der Waals surface area contributed by atoms with E-state index in [0.29, 0.717) is 5.02 Å². The van der Waals surface area contributed by atoms with Gasteiger partial charge in [-0.2, -0.15) is 0 Å². The van der Waals surface area contributed by atoms with Gasteiger partial charge >= 0.3 is 0 Å². The van der Waals surface area contributed by atoms with Crippen molar-refractivity contribution in [1.29, 1.82) is 0 Å². The first-order valence-electron chi connectivity index (χ1n) is 6.59. The molecule has 1 atom stereocenters. The summed E-state index contributed by atoms with van der Waals surface area (Å²) in [5.74, 6) is 0. The Kier molecular flexibility index (Phi) is 4.29. The summed E-state index contributed by atoms with van der Waals surface area (Å²) in [6.45, 7) is 0. The molecule has 0 spiro atoms. The number of hydrogen-bond acceptors (Lipinski definition) is 4. The van der Waals surface area contributed by atoms with Crippen molar-refractivity contribution in [1.82, 2.24) is 15.5 Å². The second-order valence-electron chi connectivity index (χ2n) is 4.59. The first-order valence-corrected chi connectivity index (χ1v) is 7.79. The Morgan fingerprint density at radius 1 is 1.05 bits per heavy atom. The molecule has 0 saturated carbocycles. The van der Waals surface area contributed by atoms with Gasteiger partial charge in [0.05, 0.1) is 6.04 Å². The molecule has 1 unspecified atom stereocenters. The highest BCUT2D eigenvalue weighted by Gasteiger charge is 2.17. The van der Waals surface area contributed by atoms with Crippen molar-refractivity contribution < 1.29 is 0 Å². The van der Waals surface area contributed by atoms with Gasteiger partial charge in [0.2, 0.25) is 0 Å². The van der Waals surface area contributed by atoms with E-state index < -0.39 is 0 Å². The molecule has 1 N–H and O–H groups in total. The third-order valence-corrected chi connectivity index (χ3v) is 4.45. The molecule has 5 heteroatoms. The lowest BCUT2D eigenvalue weighted by atomic mass is 10.1.